The molecule has 0 radical (unpaired) electrons. The molecule has 1 N–H and O–H groups in total. The van der Waals surface area contributed by atoms with Gasteiger partial charge in [-0.1, -0.05) is 0 Å². The van der Waals surface area contributed by atoms with Crippen LogP contribution in [0.15, 0.2) is 0 Å². The minimum atomic E-state index is -1.20. The molecule has 0 aromatic heterocycles. The van der Waals surface area contributed by atoms with Gasteiger partial charge in [0.1, 0.15) is 0 Å². The minimum absolute atomic E-state index is 0.112. The zero-order valence-corrected chi connectivity index (χ0v) is 4.83. The molecule has 1 rings (SSSR count). The molecule has 0 aromatic rings. The molecule has 0 bridgehead atoms. The van der Waals surface area contributed by atoms with Crippen LogP contribution >= 0.6 is 0 Å². The molecule has 1 saturated heterocycles. The monoisotopic (exact) mass is 121 g/mol. The van der Waals surface area contributed by atoms with Gasteiger partial charge in [0, 0.05) is 6.54 Å². The van der Waals surface area contributed by atoms with Crippen LogP contribution in [0.25, 0.3) is 0 Å². The summed E-state index contributed by atoms with van der Waals surface area (Å²) in [7, 11) is 0. The Morgan fingerprint density at radius 2 is 2.71 bits per heavy atom. The fourth-order valence-corrected chi connectivity index (χ4v) is 1.21. The van der Waals surface area contributed by atoms with E-state index in [1.807, 2.05) is 6.92 Å². The Labute approximate surface area is 44.8 Å². The SMILES string of the molecule is C[C@H]1CNS(=O)O1. The number of hydrogen-bond acceptors (Lipinski definition) is 2. The van der Waals surface area contributed by atoms with E-state index in [0.717, 1.165) is 0 Å². The van der Waals surface area contributed by atoms with Crippen molar-refractivity contribution in [3.63, 3.8) is 0 Å². The van der Waals surface area contributed by atoms with Crippen LogP contribution in [0.1, 0.15) is 6.92 Å². The third-order valence-corrected chi connectivity index (χ3v) is 1.65. The Morgan fingerprint density at radius 1 is 2.00 bits per heavy atom. The Hall–Kier alpha value is 0.0700. The van der Waals surface area contributed by atoms with Crippen LogP contribution in [0.2, 0.25) is 0 Å². The van der Waals surface area contributed by atoms with E-state index in [1.54, 1.807) is 0 Å². The highest BCUT2D eigenvalue weighted by atomic mass is 32.2. The minimum Gasteiger partial charge on any atom is -0.274 e. The van der Waals surface area contributed by atoms with E-state index in [2.05, 4.69) is 4.72 Å². The molecule has 3 nitrogen and oxygen atoms in total. The second-order valence-electron chi connectivity index (χ2n) is 1.49. The van der Waals surface area contributed by atoms with Gasteiger partial charge >= 0.3 is 0 Å². The van der Waals surface area contributed by atoms with Crippen molar-refractivity contribution in [2.75, 3.05) is 6.54 Å². The molecule has 7 heavy (non-hydrogen) atoms. The van der Waals surface area contributed by atoms with E-state index < -0.39 is 11.3 Å². The fourth-order valence-electron chi connectivity index (χ4n) is 0.403. The van der Waals surface area contributed by atoms with Crippen LogP contribution in [0.5, 0.6) is 0 Å². The summed E-state index contributed by atoms with van der Waals surface area (Å²) in [6, 6.07) is 0. The van der Waals surface area contributed by atoms with Gasteiger partial charge in [-0.2, -0.15) is 0 Å². The molecule has 0 amide bonds. The van der Waals surface area contributed by atoms with Gasteiger partial charge in [-0.05, 0) is 6.92 Å². The highest BCUT2D eigenvalue weighted by Gasteiger charge is 2.15. The Bertz CT molecular complexity index is 94.9. The molecule has 1 fully saturated rings. The predicted molar refractivity (Wildman–Crippen MR) is 26.7 cm³/mol. The van der Waals surface area contributed by atoms with Gasteiger partial charge < -0.3 is 0 Å². The molecule has 1 heterocycles. The summed E-state index contributed by atoms with van der Waals surface area (Å²) in [5, 5.41) is 0. The lowest BCUT2D eigenvalue weighted by Gasteiger charge is -1.90. The third-order valence-electron chi connectivity index (χ3n) is 0.740. The first-order valence-corrected chi connectivity index (χ1v) is 3.19. The zero-order valence-electron chi connectivity index (χ0n) is 4.01. The van der Waals surface area contributed by atoms with Crippen molar-refractivity contribution >= 4 is 11.3 Å². The summed E-state index contributed by atoms with van der Waals surface area (Å²) < 4.78 is 17.6. The van der Waals surface area contributed by atoms with Crippen molar-refractivity contribution < 1.29 is 8.39 Å². The van der Waals surface area contributed by atoms with Crippen LogP contribution in [0, 0.1) is 0 Å². The van der Waals surface area contributed by atoms with Crippen LogP contribution < -0.4 is 4.72 Å². The maximum absolute atomic E-state index is 10.2. The maximum Gasteiger partial charge on any atom is 0.234 e. The summed E-state index contributed by atoms with van der Waals surface area (Å²) in [6.07, 6.45) is 0.112. The summed E-state index contributed by atoms with van der Waals surface area (Å²) in [5.74, 6) is 0. The molecule has 0 aliphatic carbocycles. The Kier molecular flexibility index (Phi) is 1.41. The molecule has 0 spiro atoms. The van der Waals surface area contributed by atoms with Gasteiger partial charge in [0.25, 0.3) is 0 Å². The molecule has 42 valence electrons. The molecular formula is C3H7NO2S. The first-order chi connectivity index (χ1) is 3.29. The van der Waals surface area contributed by atoms with Crippen molar-refractivity contribution in [1.82, 2.24) is 4.72 Å². The van der Waals surface area contributed by atoms with Crippen molar-refractivity contribution in [2.24, 2.45) is 0 Å². The second kappa shape index (κ2) is 1.90. The van der Waals surface area contributed by atoms with Crippen LogP contribution in [-0.4, -0.2) is 16.9 Å². The largest absolute Gasteiger partial charge is 0.274 e. The van der Waals surface area contributed by atoms with E-state index >= 15 is 0 Å². The van der Waals surface area contributed by atoms with Crippen molar-refractivity contribution in [1.29, 1.82) is 0 Å². The number of hydrogen-bond donors (Lipinski definition) is 1. The van der Waals surface area contributed by atoms with E-state index in [9.17, 15) is 4.21 Å². The summed E-state index contributed by atoms with van der Waals surface area (Å²) in [6.45, 7) is 2.57. The normalized spacial score (nSPS) is 41.9. The topological polar surface area (TPSA) is 38.3 Å². The number of rotatable bonds is 0. The van der Waals surface area contributed by atoms with E-state index in [-0.39, 0.29) is 6.10 Å². The highest BCUT2D eigenvalue weighted by Crippen LogP contribution is 1.98. The van der Waals surface area contributed by atoms with Gasteiger partial charge in [-0.15, -0.1) is 0 Å². The molecule has 1 aliphatic rings. The van der Waals surface area contributed by atoms with Crippen LogP contribution in [0.4, 0.5) is 0 Å². The molecule has 0 aromatic carbocycles. The standard InChI is InChI=1S/C3H7NO2S/c1-3-2-4-7(5)6-3/h3-4H,2H2,1H3/t3-,7?/m0/s1. The lowest BCUT2D eigenvalue weighted by molar-refractivity contribution is 0.286. The summed E-state index contributed by atoms with van der Waals surface area (Å²) in [4.78, 5) is 0. The average molecular weight is 121 g/mol. The predicted octanol–water partition coefficient (Wildman–Crippen LogP) is -0.427. The molecular weight excluding hydrogens is 114 g/mol. The van der Waals surface area contributed by atoms with Gasteiger partial charge in [-0.25, -0.2) is 8.93 Å². The van der Waals surface area contributed by atoms with E-state index in [4.69, 9.17) is 4.18 Å². The van der Waals surface area contributed by atoms with E-state index in [1.165, 1.54) is 0 Å². The third kappa shape index (κ3) is 1.22. The first kappa shape index (κ1) is 5.21. The Balaban J connectivity index is 2.40. The summed E-state index contributed by atoms with van der Waals surface area (Å²) >= 11 is -1.20. The van der Waals surface area contributed by atoms with Gasteiger partial charge in [-0.3, -0.25) is 4.18 Å². The highest BCUT2D eigenvalue weighted by molar-refractivity contribution is 7.78. The van der Waals surface area contributed by atoms with Crippen molar-refractivity contribution in [2.45, 2.75) is 13.0 Å². The smallest absolute Gasteiger partial charge is 0.234 e. The van der Waals surface area contributed by atoms with Gasteiger partial charge in [0.05, 0.1) is 6.10 Å². The quantitative estimate of drug-likeness (QED) is 0.472. The van der Waals surface area contributed by atoms with Crippen molar-refractivity contribution in [3.8, 4) is 0 Å². The van der Waals surface area contributed by atoms with Crippen LogP contribution in [0.3, 0.4) is 0 Å². The van der Waals surface area contributed by atoms with Gasteiger partial charge in [0.15, 0.2) is 0 Å². The van der Waals surface area contributed by atoms with Crippen molar-refractivity contribution in [3.05, 3.63) is 0 Å². The lowest BCUT2D eigenvalue weighted by Crippen LogP contribution is -2.10. The molecule has 4 heteroatoms. The maximum atomic E-state index is 10.2. The fraction of sp³-hybridized carbons (Fsp3) is 1.00. The lowest BCUT2D eigenvalue weighted by atomic mass is 10.4. The Morgan fingerprint density at radius 3 is 2.86 bits per heavy atom. The van der Waals surface area contributed by atoms with Gasteiger partial charge in [0.2, 0.25) is 11.3 Å². The molecule has 1 unspecified atom stereocenters. The number of nitrogens with one attached hydrogen (secondary N) is 1. The summed E-state index contributed by atoms with van der Waals surface area (Å²) in [5.41, 5.74) is 0. The van der Waals surface area contributed by atoms with Crippen LogP contribution in [-0.2, 0) is 15.4 Å². The zero-order chi connectivity index (χ0) is 5.28. The second-order valence-corrected chi connectivity index (χ2v) is 2.44. The average Bonchev–Trinajstić information content (AvgIpc) is 1.87. The first-order valence-electron chi connectivity index (χ1n) is 2.11. The molecule has 1 aliphatic heterocycles. The molecule has 2 atom stereocenters. The van der Waals surface area contributed by atoms with E-state index in [0.29, 0.717) is 6.54 Å². The molecule has 0 saturated carbocycles.